The van der Waals surface area contributed by atoms with E-state index in [9.17, 15) is 31.5 Å². The van der Waals surface area contributed by atoms with Crippen LogP contribution in [0.5, 0.6) is 0 Å². The van der Waals surface area contributed by atoms with E-state index in [0.29, 0.717) is 37.1 Å². The molecular formula is C29H37F3N4O5S. The van der Waals surface area contributed by atoms with Gasteiger partial charge in [-0.25, -0.2) is 8.42 Å². The lowest BCUT2D eigenvalue weighted by molar-refractivity contribution is -0.138. The van der Waals surface area contributed by atoms with Crippen molar-refractivity contribution < 1.29 is 36.6 Å². The average molecular weight is 611 g/mol. The van der Waals surface area contributed by atoms with Crippen LogP contribution in [0.4, 0.5) is 13.2 Å². The predicted octanol–water partition coefficient (Wildman–Crippen LogP) is 3.81. The molecule has 2 fully saturated rings. The molecule has 1 amide bonds. The number of piperidine rings is 1. The van der Waals surface area contributed by atoms with Crippen molar-refractivity contribution in [2.24, 2.45) is 16.8 Å². The monoisotopic (exact) mass is 610 g/mol. The van der Waals surface area contributed by atoms with Crippen molar-refractivity contribution in [3.05, 3.63) is 41.4 Å². The second-order valence-corrected chi connectivity index (χ2v) is 13.5. The highest BCUT2D eigenvalue weighted by Crippen LogP contribution is 2.38. The van der Waals surface area contributed by atoms with Crippen LogP contribution in [-0.2, 0) is 21.4 Å². The number of sulfonamides is 1. The van der Waals surface area contributed by atoms with Gasteiger partial charge in [0.25, 0.3) is 5.91 Å². The molecule has 1 aliphatic carbocycles. The number of carbonyl (C=O) groups is 1. The van der Waals surface area contributed by atoms with Crippen LogP contribution in [0.15, 0.2) is 40.9 Å². The normalized spacial score (nSPS) is 24.4. The Bertz CT molecular complexity index is 1450. The maximum atomic E-state index is 13.2. The molecule has 3 N–H and O–H groups in total. The number of amidine groups is 1. The number of nitrogens with zero attached hydrogens (tertiary/aromatic N) is 3. The van der Waals surface area contributed by atoms with E-state index in [1.54, 1.807) is 29.0 Å². The van der Waals surface area contributed by atoms with Gasteiger partial charge in [-0.1, -0.05) is 12.1 Å². The van der Waals surface area contributed by atoms with E-state index in [4.69, 9.17) is 10.1 Å². The van der Waals surface area contributed by atoms with E-state index < -0.39 is 34.3 Å². The van der Waals surface area contributed by atoms with Crippen LogP contribution in [0.1, 0.15) is 56.9 Å². The minimum atomic E-state index is -4.14. The van der Waals surface area contributed by atoms with E-state index in [-0.39, 0.29) is 63.2 Å². The maximum Gasteiger partial charge on any atom is 0.389 e. The molecule has 9 nitrogen and oxygen atoms in total. The molecule has 1 saturated carbocycles. The van der Waals surface area contributed by atoms with Crippen LogP contribution in [0.2, 0.25) is 0 Å². The summed E-state index contributed by atoms with van der Waals surface area (Å²) in [6.07, 6.45) is 0.847. The zero-order valence-electron chi connectivity index (χ0n) is 23.3. The molecule has 0 bridgehead atoms. The summed E-state index contributed by atoms with van der Waals surface area (Å²) in [4.78, 5) is 17.8. The molecule has 230 valence electrons. The summed E-state index contributed by atoms with van der Waals surface area (Å²) in [7, 11) is -3.77. The number of benzene rings is 1. The van der Waals surface area contributed by atoms with Gasteiger partial charge in [-0.3, -0.25) is 9.79 Å². The largest absolute Gasteiger partial charge is 0.394 e. The first-order valence-corrected chi connectivity index (χ1v) is 15.9. The summed E-state index contributed by atoms with van der Waals surface area (Å²) in [5, 5.41) is 23.8. The summed E-state index contributed by atoms with van der Waals surface area (Å²) in [5.41, 5.74) is 0.489. The van der Waals surface area contributed by atoms with Gasteiger partial charge in [-0.2, -0.15) is 17.5 Å². The molecule has 13 heteroatoms. The van der Waals surface area contributed by atoms with Crippen molar-refractivity contribution in [2.45, 2.75) is 75.7 Å². The van der Waals surface area contributed by atoms with Gasteiger partial charge in [-0.05, 0) is 74.6 Å². The Morgan fingerprint density at radius 2 is 1.86 bits per heavy atom. The second kappa shape index (κ2) is 12.1. The molecular weight excluding hydrogens is 573 g/mol. The van der Waals surface area contributed by atoms with Crippen LogP contribution < -0.4 is 5.32 Å². The van der Waals surface area contributed by atoms with Gasteiger partial charge >= 0.3 is 6.18 Å². The lowest BCUT2D eigenvalue weighted by Crippen LogP contribution is -2.50. The number of halogens is 3. The summed E-state index contributed by atoms with van der Waals surface area (Å²) in [5.74, 6) is 0.399. The molecule has 2 aromatic rings. The van der Waals surface area contributed by atoms with E-state index in [1.807, 2.05) is 12.1 Å². The number of fused-ring (bicyclic) bond motifs is 1. The second-order valence-electron chi connectivity index (χ2n) is 11.7. The van der Waals surface area contributed by atoms with Crippen LogP contribution in [0.25, 0.3) is 17.0 Å². The number of aromatic nitrogens is 1. The predicted molar refractivity (Wildman–Crippen MR) is 153 cm³/mol. The van der Waals surface area contributed by atoms with Crippen LogP contribution in [0, 0.1) is 11.8 Å². The number of aliphatic hydroxyl groups is 2. The molecule has 1 atom stereocenters. The fourth-order valence-corrected chi connectivity index (χ4v) is 7.54. The van der Waals surface area contributed by atoms with Crippen molar-refractivity contribution in [2.75, 3.05) is 19.7 Å². The van der Waals surface area contributed by atoms with Crippen LogP contribution in [-0.4, -0.2) is 76.8 Å². The Morgan fingerprint density at radius 1 is 1.14 bits per heavy atom. The zero-order chi connectivity index (χ0) is 30.1. The van der Waals surface area contributed by atoms with Crippen molar-refractivity contribution in [1.29, 1.82) is 0 Å². The minimum absolute atomic E-state index is 0.00429. The molecule has 1 aromatic heterocycles. The number of carbonyl (C=O) groups excluding carboxylic acids is 1. The van der Waals surface area contributed by atoms with Gasteiger partial charge in [0, 0.05) is 47.9 Å². The number of hydrogen-bond donors (Lipinski definition) is 3. The van der Waals surface area contributed by atoms with Crippen molar-refractivity contribution in [1.82, 2.24) is 14.2 Å². The number of nitrogens with one attached hydrogen (secondary N) is 1. The average Bonchev–Trinajstić information content (AvgIpc) is 3.51. The SMILES string of the molecule is O=C1NC(C2CCC(CCC(F)(F)F)CC2)=NC12CCN(S(=O)(=O)C=Cc1cccc3c1ccn3C[C@@H](O)CO)CC2. The lowest BCUT2D eigenvalue weighted by Gasteiger charge is -2.34. The lowest BCUT2D eigenvalue weighted by atomic mass is 9.79. The number of aliphatic imine (C=N–C) groups is 1. The molecule has 1 spiro atoms. The fraction of sp³-hybridized carbons (Fsp3) is 0.586. The van der Waals surface area contributed by atoms with E-state index in [1.165, 1.54) is 9.71 Å². The standard InChI is InChI=1S/C29H37F3N4O5S/c30-29(31,32)11-8-20-4-6-22(7-5-20)26-33-27(39)28(34-26)12-15-36(16-13-28)42(40,41)17-10-21-2-1-3-25-24(21)9-14-35(25)18-23(38)19-37/h1-3,9-10,14,17,20,22-23,37-38H,4-8,11-13,15-16,18-19H2,(H,33,34,39)/t20?,22?,23-/m1/s1. The molecule has 3 aliphatic rings. The Morgan fingerprint density at radius 3 is 2.52 bits per heavy atom. The Hall–Kier alpha value is -2.74. The molecule has 1 aromatic carbocycles. The first-order valence-electron chi connectivity index (χ1n) is 14.4. The first kappa shape index (κ1) is 30.7. The Kier molecular flexibility index (Phi) is 8.85. The zero-order valence-corrected chi connectivity index (χ0v) is 24.1. The van der Waals surface area contributed by atoms with Crippen molar-refractivity contribution in [3.8, 4) is 0 Å². The highest BCUT2D eigenvalue weighted by Gasteiger charge is 2.48. The number of hydrogen-bond acceptors (Lipinski definition) is 6. The third-order valence-electron chi connectivity index (χ3n) is 8.86. The maximum absolute atomic E-state index is 13.2. The molecule has 0 unspecified atom stereocenters. The van der Waals surface area contributed by atoms with Crippen molar-refractivity contribution >= 4 is 38.7 Å². The Labute approximate surface area is 243 Å². The molecule has 42 heavy (non-hydrogen) atoms. The number of alkyl halides is 3. The Balaban J connectivity index is 1.20. The number of amides is 1. The summed E-state index contributed by atoms with van der Waals surface area (Å²) in [6, 6.07) is 7.29. The minimum Gasteiger partial charge on any atom is -0.394 e. The van der Waals surface area contributed by atoms with Gasteiger partial charge in [0.15, 0.2) is 0 Å². The molecule has 2 aliphatic heterocycles. The van der Waals surface area contributed by atoms with Crippen molar-refractivity contribution in [3.63, 3.8) is 0 Å². The van der Waals surface area contributed by atoms with E-state index >= 15 is 0 Å². The summed E-state index contributed by atoms with van der Waals surface area (Å²) >= 11 is 0. The third kappa shape index (κ3) is 6.74. The topological polar surface area (TPSA) is 124 Å². The molecule has 5 rings (SSSR count). The van der Waals surface area contributed by atoms with Gasteiger partial charge in [0.1, 0.15) is 11.4 Å². The molecule has 1 saturated heterocycles. The summed E-state index contributed by atoms with van der Waals surface area (Å²) in [6.45, 7) is 0.127. The van der Waals surface area contributed by atoms with E-state index in [2.05, 4.69) is 5.32 Å². The van der Waals surface area contributed by atoms with Gasteiger partial charge < -0.3 is 20.1 Å². The molecule has 0 radical (unpaired) electrons. The van der Waals surface area contributed by atoms with E-state index in [0.717, 1.165) is 10.9 Å². The smallest absolute Gasteiger partial charge is 0.389 e. The fourth-order valence-electron chi connectivity index (χ4n) is 6.36. The highest BCUT2D eigenvalue weighted by molar-refractivity contribution is 7.92. The summed E-state index contributed by atoms with van der Waals surface area (Å²) < 4.78 is 67.3. The quantitative estimate of drug-likeness (QED) is 0.399. The highest BCUT2D eigenvalue weighted by atomic mass is 32.2. The third-order valence-corrected chi connectivity index (χ3v) is 10.4. The van der Waals surface area contributed by atoms with Crippen LogP contribution in [0.3, 0.4) is 0 Å². The van der Waals surface area contributed by atoms with Gasteiger partial charge in [-0.15, -0.1) is 0 Å². The van der Waals surface area contributed by atoms with Gasteiger partial charge in [0.2, 0.25) is 10.0 Å². The first-order chi connectivity index (χ1) is 19.9. The van der Waals surface area contributed by atoms with Gasteiger partial charge in [0.05, 0.1) is 19.3 Å². The number of rotatable bonds is 9. The molecule has 3 heterocycles. The number of aliphatic hydroxyl groups excluding tert-OH is 2. The van der Waals surface area contributed by atoms with Crippen LogP contribution >= 0.6 is 0 Å².